The fraction of sp³-hybridized carbons (Fsp3) is 0.333. The first-order valence-corrected chi connectivity index (χ1v) is 5.70. The molecule has 0 aliphatic rings. The smallest absolute Gasteiger partial charge is 0.337 e. The second kappa shape index (κ2) is 6.08. The number of carboxylic acids is 1. The number of aliphatic hydroxyl groups excluding tert-OH is 1. The maximum atomic E-state index is 12.8. The maximum Gasteiger partial charge on any atom is 0.337 e. The SMILES string of the molecule is CC(Cl)C(=O)c1ccc(C(O)C(=O)O)c(C(F)F)c1. The van der Waals surface area contributed by atoms with Crippen LogP contribution >= 0.6 is 11.6 Å². The summed E-state index contributed by atoms with van der Waals surface area (Å²) in [7, 11) is 0. The Hall–Kier alpha value is -1.53. The van der Waals surface area contributed by atoms with Gasteiger partial charge in [-0.15, -0.1) is 11.6 Å². The molecule has 1 aromatic carbocycles. The van der Waals surface area contributed by atoms with E-state index >= 15 is 0 Å². The molecule has 0 amide bonds. The van der Waals surface area contributed by atoms with Crippen molar-refractivity contribution >= 4 is 23.4 Å². The minimum Gasteiger partial charge on any atom is -0.479 e. The van der Waals surface area contributed by atoms with Crippen LogP contribution in [0.25, 0.3) is 0 Å². The van der Waals surface area contributed by atoms with Crippen LogP contribution in [0, 0.1) is 0 Å². The van der Waals surface area contributed by atoms with Crippen molar-refractivity contribution in [2.75, 3.05) is 0 Å². The minimum absolute atomic E-state index is 0.0564. The van der Waals surface area contributed by atoms with Crippen LogP contribution in [0.2, 0.25) is 0 Å². The molecular weight excluding hydrogens is 282 g/mol. The zero-order chi connectivity index (χ0) is 14.7. The number of carbonyl (C=O) groups is 2. The molecule has 0 radical (unpaired) electrons. The number of hydrogen-bond donors (Lipinski definition) is 2. The van der Waals surface area contributed by atoms with E-state index in [1.54, 1.807) is 0 Å². The average Bonchev–Trinajstić information content (AvgIpc) is 2.35. The Morgan fingerprint density at radius 3 is 2.26 bits per heavy atom. The first-order valence-electron chi connectivity index (χ1n) is 5.26. The highest BCUT2D eigenvalue weighted by atomic mass is 35.5. The summed E-state index contributed by atoms with van der Waals surface area (Å²) >= 11 is 5.57. The van der Waals surface area contributed by atoms with Gasteiger partial charge >= 0.3 is 5.97 Å². The van der Waals surface area contributed by atoms with Gasteiger partial charge in [0.05, 0.1) is 5.38 Å². The van der Waals surface area contributed by atoms with Gasteiger partial charge in [0.2, 0.25) is 0 Å². The van der Waals surface area contributed by atoms with E-state index in [9.17, 15) is 23.5 Å². The molecule has 0 fully saturated rings. The summed E-state index contributed by atoms with van der Waals surface area (Å²) in [4.78, 5) is 22.2. The highest BCUT2D eigenvalue weighted by Crippen LogP contribution is 2.29. The van der Waals surface area contributed by atoms with E-state index in [0.29, 0.717) is 0 Å². The Bertz CT molecular complexity index is 503. The fourth-order valence-corrected chi connectivity index (χ4v) is 1.65. The zero-order valence-corrected chi connectivity index (χ0v) is 10.6. The Balaban J connectivity index is 3.30. The molecule has 1 rings (SSSR count). The Morgan fingerprint density at radius 2 is 1.84 bits per heavy atom. The lowest BCUT2D eigenvalue weighted by molar-refractivity contribution is -0.147. The number of hydrogen-bond acceptors (Lipinski definition) is 3. The van der Waals surface area contributed by atoms with Gasteiger partial charge in [-0.3, -0.25) is 4.79 Å². The zero-order valence-electron chi connectivity index (χ0n) is 9.81. The standard InChI is InChI=1S/C12H11ClF2O4/c1-5(13)9(16)6-2-3-7(10(17)12(18)19)8(4-6)11(14)15/h2-5,10-11,17H,1H3,(H,18,19). The van der Waals surface area contributed by atoms with Crippen LogP contribution in [0.15, 0.2) is 18.2 Å². The first-order chi connectivity index (χ1) is 8.75. The second-order valence-electron chi connectivity index (χ2n) is 3.87. The van der Waals surface area contributed by atoms with Crippen LogP contribution in [-0.4, -0.2) is 27.3 Å². The van der Waals surface area contributed by atoms with Crippen molar-refractivity contribution in [1.29, 1.82) is 0 Å². The predicted octanol–water partition coefficient (Wildman–Crippen LogP) is 2.55. The van der Waals surface area contributed by atoms with Gasteiger partial charge in [0.15, 0.2) is 11.9 Å². The van der Waals surface area contributed by atoms with Gasteiger partial charge in [0.1, 0.15) is 0 Å². The van der Waals surface area contributed by atoms with Crippen LogP contribution in [0.5, 0.6) is 0 Å². The molecule has 2 unspecified atom stereocenters. The molecule has 0 saturated carbocycles. The van der Waals surface area contributed by atoms with Crippen molar-refractivity contribution in [3.63, 3.8) is 0 Å². The molecule has 0 aromatic heterocycles. The Kier molecular flexibility index (Phi) is 4.97. The summed E-state index contributed by atoms with van der Waals surface area (Å²) in [6.45, 7) is 1.39. The van der Waals surface area contributed by atoms with Gasteiger partial charge in [0.25, 0.3) is 6.43 Å². The fourth-order valence-electron chi connectivity index (χ4n) is 1.53. The summed E-state index contributed by atoms with van der Waals surface area (Å²) in [5.41, 5.74) is -1.20. The van der Waals surface area contributed by atoms with Crippen molar-refractivity contribution in [2.45, 2.75) is 24.8 Å². The Labute approximate surface area is 112 Å². The number of aliphatic carboxylic acids is 1. The molecule has 104 valence electrons. The summed E-state index contributed by atoms with van der Waals surface area (Å²) in [5, 5.41) is 17.1. The van der Waals surface area contributed by atoms with Crippen LogP contribution in [0.4, 0.5) is 8.78 Å². The number of carboxylic acid groups (broad SMARTS) is 1. The molecule has 0 aliphatic heterocycles. The molecule has 0 saturated heterocycles. The van der Waals surface area contributed by atoms with Crippen LogP contribution in [0.1, 0.15) is 40.9 Å². The highest BCUT2D eigenvalue weighted by Gasteiger charge is 2.25. The van der Waals surface area contributed by atoms with Crippen LogP contribution < -0.4 is 0 Å². The number of rotatable bonds is 5. The lowest BCUT2D eigenvalue weighted by Crippen LogP contribution is -2.15. The predicted molar refractivity (Wildman–Crippen MR) is 63.6 cm³/mol. The van der Waals surface area contributed by atoms with Gasteiger partial charge in [-0.1, -0.05) is 12.1 Å². The van der Waals surface area contributed by atoms with Gasteiger partial charge in [-0.2, -0.15) is 0 Å². The van der Waals surface area contributed by atoms with Crippen LogP contribution in [-0.2, 0) is 4.79 Å². The summed E-state index contributed by atoms with van der Waals surface area (Å²) < 4.78 is 25.7. The number of Topliss-reactive ketones (excluding diaryl/α,β-unsaturated/α-hetero) is 1. The normalized spacial score (nSPS) is 14.2. The van der Waals surface area contributed by atoms with Crippen molar-refractivity contribution < 1.29 is 28.6 Å². The van der Waals surface area contributed by atoms with Crippen molar-refractivity contribution in [3.8, 4) is 0 Å². The van der Waals surface area contributed by atoms with E-state index in [4.69, 9.17) is 16.7 Å². The quantitative estimate of drug-likeness (QED) is 0.646. The third-order valence-electron chi connectivity index (χ3n) is 2.50. The molecule has 0 spiro atoms. The van der Waals surface area contributed by atoms with E-state index in [1.807, 2.05) is 0 Å². The molecule has 2 N–H and O–H groups in total. The van der Waals surface area contributed by atoms with E-state index in [2.05, 4.69) is 0 Å². The van der Waals surface area contributed by atoms with Crippen molar-refractivity contribution in [2.24, 2.45) is 0 Å². The molecule has 0 aliphatic carbocycles. The summed E-state index contributed by atoms with van der Waals surface area (Å²) in [5.74, 6) is -2.20. The number of aliphatic hydroxyl groups is 1. The largest absolute Gasteiger partial charge is 0.479 e. The van der Waals surface area contributed by atoms with Crippen LogP contribution in [0.3, 0.4) is 0 Å². The first kappa shape index (κ1) is 15.5. The summed E-state index contributed by atoms with van der Waals surface area (Å²) in [6, 6.07) is 3.01. The second-order valence-corrected chi connectivity index (χ2v) is 4.52. The van der Waals surface area contributed by atoms with E-state index < -0.39 is 40.8 Å². The lowest BCUT2D eigenvalue weighted by atomic mass is 9.97. The van der Waals surface area contributed by atoms with E-state index in [1.165, 1.54) is 6.92 Å². The number of carbonyl (C=O) groups excluding carboxylic acids is 1. The van der Waals surface area contributed by atoms with Gasteiger partial charge in [-0.05, 0) is 13.0 Å². The molecular formula is C12H11ClF2O4. The topological polar surface area (TPSA) is 74.6 Å². The van der Waals surface area contributed by atoms with Gasteiger partial charge in [0, 0.05) is 16.7 Å². The third-order valence-corrected chi connectivity index (χ3v) is 2.69. The molecule has 1 aromatic rings. The van der Waals surface area contributed by atoms with E-state index in [-0.39, 0.29) is 5.56 Å². The van der Waals surface area contributed by atoms with Crippen molar-refractivity contribution in [1.82, 2.24) is 0 Å². The van der Waals surface area contributed by atoms with Gasteiger partial charge in [-0.25, -0.2) is 13.6 Å². The Morgan fingerprint density at radius 1 is 1.26 bits per heavy atom. The number of benzene rings is 1. The number of alkyl halides is 3. The number of ketones is 1. The molecule has 0 bridgehead atoms. The summed E-state index contributed by atoms with van der Waals surface area (Å²) in [6.07, 6.45) is -5.08. The average molecular weight is 293 g/mol. The van der Waals surface area contributed by atoms with E-state index in [0.717, 1.165) is 18.2 Å². The molecule has 19 heavy (non-hydrogen) atoms. The lowest BCUT2D eigenvalue weighted by Gasteiger charge is -2.13. The van der Waals surface area contributed by atoms with Gasteiger partial charge < -0.3 is 10.2 Å². The molecule has 7 heteroatoms. The van der Waals surface area contributed by atoms with Crippen molar-refractivity contribution in [3.05, 3.63) is 34.9 Å². The monoisotopic (exact) mass is 292 g/mol. The molecule has 2 atom stereocenters. The third kappa shape index (κ3) is 3.48. The molecule has 4 nitrogen and oxygen atoms in total. The minimum atomic E-state index is -3.01. The number of halogens is 3. The highest BCUT2D eigenvalue weighted by molar-refractivity contribution is 6.33. The maximum absolute atomic E-state index is 12.8. The molecule has 0 heterocycles.